The minimum absolute atomic E-state index is 0.862. The number of rotatable bonds is 4. The molecule has 104 valence electrons. The topological polar surface area (TPSA) is 15.3 Å². The molecule has 3 heteroatoms. The molecule has 19 heavy (non-hydrogen) atoms. The van der Waals surface area contributed by atoms with E-state index in [1.165, 1.54) is 43.6 Å². The summed E-state index contributed by atoms with van der Waals surface area (Å²) in [7, 11) is 0. The molecule has 1 saturated carbocycles. The fourth-order valence-electron chi connectivity index (χ4n) is 3.58. The number of benzene rings is 1. The number of hydrogen-bond acceptors (Lipinski definition) is 2. The number of fused-ring (bicyclic) bond motifs is 1. The van der Waals surface area contributed by atoms with E-state index in [4.69, 9.17) is 11.6 Å². The molecule has 1 aromatic carbocycles. The lowest BCUT2D eigenvalue weighted by Gasteiger charge is -2.20. The second-order valence-electron chi connectivity index (χ2n) is 5.91. The quantitative estimate of drug-likeness (QED) is 0.904. The normalized spacial score (nSPS) is 25.9. The van der Waals surface area contributed by atoms with Crippen LogP contribution in [0, 0.1) is 11.8 Å². The molecule has 1 saturated heterocycles. The zero-order valence-corrected chi connectivity index (χ0v) is 12.4. The van der Waals surface area contributed by atoms with Crippen molar-refractivity contribution in [2.45, 2.75) is 32.7 Å². The van der Waals surface area contributed by atoms with E-state index < -0.39 is 0 Å². The van der Waals surface area contributed by atoms with E-state index in [0.717, 1.165) is 29.9 Å². The summed E-state index contributed by atoms with van der Waals surface area (Å²) in [4.78, 5) is 2.53. The largest absolute Gasteiger partial charge is 0.371 e. The number of hydrogen-bond donors (Lipinski definition) is 1. The molecule has 1 aliphatic heterocycles. The third kappa shape index (κ3) is 2.75. The van der Waals surface area contributed by atoms with Crippen molar-refractivity contribution < 1.29 is 0 Å². The van der Waals surface area contributed by atoms with Gasteiger partial charge in [-0.1, -0.05) is 31.0 Å². The van der Waals surface area contributed by atoms with Crippen LogP contribution in [0.5, 0.6) is 0 Å². The molecule has 1 aliphatic carbocycles. The highest BCUT2D eigenvalue weighted by Crippen LogP contribution is 2.40. The number of nitrogens with one attached hydrogen (secondary N) is 1. The molecule has 1 aromatic rings. The van der Waals surface area contributed by atoms with Crippen molar-refractivity contribution in [3.63, 3.8) is 0 Å². The Labute approximate surface area is 121 Å². The van der Waals surface area contributed by atoms with E-state index in [1.54, 1.807) is 0 Å². The summed E-state index contributed by atoms with van der Waals surface area (Å²) < 4.78 is 0. The van der Waals surface area contributed by atoms with Gasteiger partial charge in [0.15, 0.2) is 0 Å². The van der Waals surface area contributed by atoms with Crippen molar-refractivity contribution in [1.29, 1.82) is 0 Å². The molecular formula is C16H23ClN2. The molecule has 2 unspecified atom stereocenters. The van der Waals surface area contributed by atoms with Crippen LogP contribution >= 0.6 is 11.6 Å². The highest BCUT2D eigenvalue weighted by molar-refractivity contribution is 6.31. The maximum Gasteiger partial charge on any atom is 0.0471 e. The molecule has 0 radical (unpaired) electrons. The first-order chi connectivity index (χ1) is 9.28. The number of halogens is 1. The molecular weight excluding hydrogens is 256 g/mol. The molecule has 0 spiro atoms. The summed E-state index contributed by atoms with van der Waals surface area (Å²) in [5.41, 5.74) is 2.51. The van der Waals surface area contributed by atoms with Gasteiger partial charge in [-0.2, -0.15) is 0 Å². The lowest BCUT2D eigenvalue weighted by Crippen LogP contribution is -2.20. The van der Waals surface area contributed by atoms with Crippen LogP contribution in [0.4, 0.5) is 5.69 Å². The third-order valence-corrected chi connectivity index (χ3v) is 5.05. The van der Waals surface area contributed by atoms with Gasteiger partial charge in [0.05, 0.1) is 0 Å². The monoisotopic (exact) mass is 278 g/mol. The van der Waals surface area contributed by atoms with E-state index in [-0.39, 0.29) is 0 Å². The summed E-state index contributed by atoms with van der Waals surface area (Å²) in [6.07, 6.45) is 4.28. The molecule has 2 atom stereocenters. The zero-order valence-electron chi connectivity index (χ0n) is 11.7. The summed E-state index contributed by atoms with van der Waals surface area (Å²) in [5, 5.41) is 4.23. The molecule has 0 aromatic heterocycles. The fraction of sp³-hybridized carbons (Fsp3) is 0.625. The second-order valence-corrected chi connectivity index (χ2v) is 6.32. The van der Waals surface area contributed by atoms with Gasteiger partial charge in [-0.05, 0) is 48.9 Å². The van der Waals surface area contributed by atoms with Crippen molar-refractivity contribution >= 4 is 17.3 Å². The smallest absolute Gasteiger partial charge is 0.0471 e. The summed E-state index contributed by atoms with van der Waals surface area (Å²) in [6, 6.07) is 6.56. The summed E-state index contributed by atoms with van der Waals surface area (Å²) in [5.74, 6) is 1.86. The van der Waals surface area contributed by atoms with Crippen LogP contribution in [0.1, 0.15) is 31.7 Å². The molecule has 0 bridgehead atoms. The molecule has 2 fully saturated rings. The lowest BCUT2D eigenvalue weighted by atomic mass is 10.0. The zero-order chi connectivity index (χ0) is 13.2. The summed E-state index contributed by atoms with van der Waals surface area (Å²) >= 11 is 6.40. The Morgan fingerprint density at radius 3 is 2.63 bits per heavy atom. The highest BCUT2D eigenvalue weighted by Gasteiger charge is 2.36. The SMILES string of the molecule is CCNCc1ccc(N2CC3CCCC3C2)cc1Cl. The third-order valence-electron chi connectivity index (χ3n) is 4.69. The first kappa shape index (κ1) is 13.3. The average Bonchev–Trinajstić information content (AvgIpc) is 2.98. The second kappa shape index (κ2) is 5.72. The number of nitrogens with zero attached hydrogens (tertiary/aromatic N) is 1. The molecule has 3 rings (SSSR count). The minimum Gasteiger partial charge on any atom is -0.371 e. The first-order valence-electron chi connectivity index (χ1n) is 7.52. The lowest BCUT2D eigenvalue weighted by molar-refractivity contribution is 0.494. The van der Waals surface area contributed by atoms with Gasteiger partial charge < -0.3 is 10.2 Å². The van der Waals surface area contributed by atoms with E-state index >= 15 is 0 Å². The van der Waals surface area contributed by atoms with Crippen LogP contribution < -0.4 is 10.2 Å². The standard InChI is InChI=1S/C16H23ClN2/c1-2-18-9-12-6-7-15(8-16(12)17)19-10-13-4-3-5-14(13)11-19/h6-8,13-14,18H,2-5,9-11H2,1H3. The van der Waals surface area contributed by atoms with Crippen LogP contribution in [-0.4, -0.2) is 19.6 Å². The van der Waals surface area contributed by atoms with Gasteiger partial charge >= 0.3 is 0 Å². The van der Waals surface area contributed by atoms with E-state index in [2.05, 4.69) is 35.3 Å². The van der Waals surface area contributed by atoms with Gasteiger partial charge in [-0.15, -0.1) is 0 Å². The van der Waals surface area contributed by atoms with Crippen molar-refractivity contribution in [1.82, 2.24) is 5.32 Å². The van der Waals surface area contributed by atoms with E-state index in [1.807, 2.05) is 0 Å². The van der Waals surface area contributed by atoms with E-state index in [9.17, 15) is 0 Å². The Morgan fingerprint density at radius 1 is 1.26 bits per heavy atom. The Hall–Kier alpha value is -0.730. The maximum atomic E-state index is 6.40. The van der Waals surface area contributed by atoms with Crippen molar-refractivity contribution in [3.05, 3.63) is 28.8 Å². The van der Waals surface area contributed by atoms with Gasteiger partial charge in [0.1, 0.15) is 0 Å². The Morgan fingerprint density at radius 2 is 2.00 bits per heavy atom. The van der Waals surface area contributed by atoms with Crippen LogP contribution in [0.3, 0.4) is 0 Å². The van der Waals surface area contributed by atoms with Gasteiger partial charge in [-0.25, -0.2) is 0 Å². The predicted molar refractivity (Wildman–Crippen MR) is 81.9 cm³/mol. The highest BCUT2D eigenvalue weighted by atomic mass is 35.5. The van der Waals surface area contributed by atoms with E-state index in [0.29, 0.717) is 0 Å². The molecule has 2 nitrogen and oxygen atoms in total. The minimum atomic E-state index is 0.862. The van der Waals surface area contributed by atoms with Crippen LogP contribution in [0.25, 0.3) is 0 Å². The maximum absolute atomic E-state index is 6.40. The molecule has 1 N–H and O–H groups in total. The van der Waals surface area contributed by atoms with Crippen LogP contribution in [-0.2, 0) is 6.54 Å². The average molecular weight is 279 g/mol. The predicted octanol–water partition coefficient (Wildman–Crippen LogP) is 3.69. The Kier molecular flexibility index (Phi) is 3.99. The first-order valence-corrected chi connectivity index (χ1v) is 7.90. The van der Waals surface area contributed by atoms with Gasteiger partial charge in [0.25, 0.3) is 0 Å². The molecule has 2 aliphatic rings. The van der Waals surface area contributed by atoms with Crippen LogP contribution in [0.15, 0.2) is 18.2 Å². The van der Waals surface area contributed by atoms with Crippen molar-refractivity contribution in [2.24, 2.45) is 11.8 Å². The Balaban J connectivity index is 1.70. The summed E-state index contributed by atoms with van der Waals surface area (Å²) in [6.45, 7) is 6.42. The van der Waals surface area contributed by atoms with Crippen LogP contribution in [0.2, 0.25) is 5.02 Å². The fourth-order valence-corrected chi connectivity index (χ4v) is 3.82. The molecule has 0 amide bonds. The Bertz CT molecular complexity index is 434. The van der Waals surface area contributed by atoms with Gasteiger partial charge in [0, 0.05) is 30.3 Å². The van der Waals surface area contributed by atoms with Gasteiger partial charge in [0.2, 0.25) is 0 Å². The number of anilines is 1. The van der Waals surface area contributed by atoms with Gasteiger partial charge in [-0.3, -0.25) is 0 Å². The van der Waals surface area contributed by atoms with Crippen molar-refractivity contribution in [2.75, 3.05) is 24.5 Å². The molecule has 1 heterocycles. The van der Waals surface area contributed by atoms with Crippen molar-refractivity contribution in [3.8, 4) is 0 Å².